The van der Waals surface area contributed by atoms with Gasteiger partial charge in [-0.1, -0.05) is 11.6 Å². The van der Waals surface area contributed by atoms with Crippen LogP contribution < -0.4 is 10.2 Å². The molecule has 2 aromatic carbocycles. The smallest absolute Gasteiger partial charge is 0.251 e. The Morgan fingerprint density at radius 1 is 1.06 bits per heavy atom. The molecule has 1 aliphatic rings. The minimum absolute atomic E-state index is 0.0234. The number of carbonyl (C=O) groups excluding carboxylic acids is 2. The van der Waals surface area contributed by atoms with Crippen LogP contribution in [-0.4, -0.2) is 76.3 Å². The molecule has 0 bridgehead atoms. The number of carbonyl (C=O) groups is 2. The third-order valence-corrected chi connectivity index (χ3v) is 7.75. The van der Waals surface area contributed by atoms with Gasteiger partial charge in [0.1, 0.15) is 10.7 Å². The third-order valence-electron chi connectivity index (χ3n) is 5.36. The van der Waals surface area contributed by atoms with Crippen LogP contribution >= 0.6 is 11.6 Å². The van der Waals surface area contributed by atoms with Crippen LogP contribution in [0.1, 0.15) is 16.8 Å². The molecule has 0 unspecified atom stereocenters. The molecule has 178 valence electrons. The Kier molecular flexibility index (Phi) is 7.93. The van der Waals surface area contributed by atoms with E-state index in [0.29, 0.717) is 13.1 Å². The molecule has 0 spiro atoms. The van der Waals surface area contributed by atoms with Crippen molar-refractivity contribution in [3.63, 3.8) is 0 Å². The van der Waals surface area contributed by atoms with E-state index in [1.807, 2.05) is 4.90 Å². The van der Waals surface area contributed by atoms with E-state index in [0.717, 1.165) is 5.69 Å². The molecule has 8 nitrogen and oxygen atoms in total. The molecule has 1 fully saturated rings. The fraction of sp³-hybridized carbons (Fsp3) is 0.364. The van der Waals surface area contributed by atoms with Gasteiger partial charge in [0.2, 0.25) is 15.9 Å². The first-order valence-electron chi connectivity index (χ1n) is 10.4. The number of amides is 2. The van der Waals surface area contributed by atoms with E-state index in [-0.39, 0.29) is 53.3 Å². The first-order chi connectivity index (χ1) is 15.6. The van der Waals surface area contributed by atoms with Crippen molar-refractivity contribution in [1.82, 2.24) is 14.5 Å². The molecule has 1 N–H and O–H groups in total. The highest BCUT2D eigenvalue weighted by Crippen LogP contribution is 2.27. The number of piperazine rings is 1. The summed E-state index contributed by atoms with van der Waals surface area (Å²) < 4.78 is 41.0. The van der Waals surface area contributed by atoms with Gasteiger partial charge in [-0.25, -0.2) is 12.8 Å². The number of sulfonamides is 1. The quantitative estimate of drug-likeness (QED) is 0.634. The number of nitrogens with zero attached hydrogens (tertiary/aromatic N) is 3. The molecule has 0 saturated carbocycles. The van der Waals surface area contributed by atoms with Crippen LogP contribution in [0.5, 0.6) is 0 Å². The summed E-state index contributed by atoms with van der Waals surface area (Å²) in [6, 6.07) is 10.1. The van der Waals surface area contributed by atoms with Crippen molar-refractivity contribution in [1.29, 1.82) is 0 Å². The van der Waals surface area contributed by atoms with Gasteiger partial charge in [0, 0.05) is 64.5 Å². The van der Waals surface area contributed by atoms with E-state index in [9.17, 15) is 22.4 Å². The maximum atomic E-state index is 13.2. The van der Waals surface area contributed by atoms with Gasteiger partial charge in [-0.05, 0) is 42.5 Å². The minimum atomic E-state index is -3.93. The molecule has 2 amide bonds. The summed E-state index contributed by atoms with van der Waals surface area (Å²) in [7, 11) is -0.682. The van der Waals surface area contributed by atoms with E-state index in [2.05, 4.69) is 5.32 Å². The van der Waals surface area contributed by atoms with E-state index in [4.69, 9.17) is 11.6 Å². The second kappa shape index (κ2) is 10.5. The van der Waals surface area contributed by atoms with Crippen molar-refractivity contribution < 1.29 is 22.4 Å². The molecular formula is C22H26ClFN4O4S. The molecule has 0 aliphatic carbocycles. The summed E-state index contributed by atoms with van der Waals surface area (Å²) in [5, 5.41) is 2.64. The number of nitrogens with one attached hydrogen (secondary N) is 1. The molecule has 11 heteroatoms. The van der Waals surface area contributed by atoms with Gasteiger partial charge in [0.05, 0.1) is 5.02 Å². The zero-order chi connectivity index (χ0) is 24.2. The van der Waals surface area contributed by atoms with E-state index in [1.165, 1.54) is 39.5 Å². The third kappa shape index (κ3) is 6.01. The van der Waals surface area contributed by atoms with Crippen molar-refractivity contribution in [3.05, 3.63) is 58.9 Å². The fourth-order valence-corrected chi connectivity index (χ4v) is 5.35. The average Bonchev–Trinajstić information content (AvgIpc) is 2.79. The molecular weight excluding hydrogens is 471 g/mol. The first-order valence-corrected chi connectivity index (χ1v) is 12.2. The molecule has 0 aromatic heterocycles. The predicted octanol–water partition coefficient (Wildman–Crippen LogP) is 2.20. The Morgan fingerprint density at radius 2 is 1.70 bits per heavy atom. The molecule has 1 heterocycles. The van der Waals surface area contributed by atoms with Crippen LogP contribution in [0.15, 0.2) is 47.4 Å². The Bertz CT molecular complexity index is 1120. The van der Waals surface area contributed by atoms with Crippen LogP contribution in [0.3, 0.4) is 0 Å². The largest absolute Gasteiger partial charge is 0.369 e. The Balaban J connectivity index is 1.68. The van der Waals surface area contributed by atoms with Gasteiger partial charge in [0.25, 0.3) is 5.91 Å². The molecule has 2 aromatic rings. The zero-order valence-electron chi connectivity index (χ0n) is 18.4. The van der Waals surface area contributed by atoms with E-state index >= 15 is 0 Å². The normalized spacial score (nSPS) is 14.7. The van der Waals surface area contributed by atoms with Crippen LogP contribution in [0.25, 0.3) is 0 Å². The SMILES string of the molecule is CN(C)C(=O)CCNC(=O)c1ccc(Cl)c(S(=O)(=O)N2CCN(c3ccc(F)cc3)CC2)c1. The summed E-state index contributed by atoms with van der Waals surface area (Å²) in [4.78, 5) is 27.4. The predicted molar refractivity (Wildman–Crippen MR) is 124 cm³/mol. The first kappa shape index (κ1) is 24.9. The van der Waals surface area contributed by atoms with Gasteiger partial charge in [-0.2, -0.15) is 4.31 Å². The topological polar surface area (TPSA) is 90.0 Å². The highest BCUT2D eigenvalue weighted by atomic mass is 35.5. The monoisotopic (exact) mass is 496 g/mol. The summed E-state index contributed by atoms with van der Waals surface area (Å²) in [5.74, 6) is -0.951. The van der Waals surface area contributed by atoms with Crippen molar-refractivity contribution >= 4 is 39.1 Å². The lowest BCUT2D eigenvalue weighted by atomic mass is 10.2. The van der Waals surface area contributed by atoms with Gasteiger partial charge in [0.15, 0.2) is 0 Å². The van der Waals surface area contributed by atoms with Gasteiger partial charge in [-0.3, -0.25) is 9.59 Å². The number of anilines is 1. The Labute approximate surface area is 198 Å². The number of rotatable bonds is 7. The molecule has 0 radical (unpaired) electrons. The highest BCUT2D eigenvalue weighted by Gasteiger charge is 2.31. The minimum Gasteiger partial charge on any atom is -0.369 e. The molecule has 0 atom stereocenters. The molecule has 33 heavy (non-hydrogen) atoms. The summed E-state index contributed by atoms with van der Waals surface area (Å²) in [5.41, 5.74) is 0.957. The Hall–Kier alpha value is -2.69. The van der Waals surface area contributed by atoms with Crippen molar-refractivity contribution in [2.24, 2.45) is 0 Å². The number of benzene rings is 2. The van der Waals surface area contributed by atoms with Crippen molar-refractivity contribution in [2.45, 2.75) is 11.3 Å². The van der Waals surface area contributed by atoms with Crippen LogP contribution in [-0.2, 0) is 14.8 Å². The summed E-state index contributed by atoms with van der Waals surface area (Å²) >= 11 is 6.19. The number of hydrogen-bond acceptors (Lipinski definition) is 5. The van der Waals surface area contributed by atoms with E-state index in [1.54, 1.807) is 26.2 Å². The van der Waals surface area contributed by atoms with E-state index < -0.39 is 15.9 Å². The van der Waals surface area contributed by atoms with Crippen molar-refractivity contribution in [2.75, 3.05) is 51.7 Å². The van der Waals surface area contributed by atoms with Crippen molar-refractivity contribution in [3.8, 4) is 0 Å². The standard InChI is InChI=1S/C22H26ClFN4O4S/c1-26(2)21(29)9-10-25-22(30)16-3-8-19(23)20(15-16)33(31,32)28-13-11-27(12-14-28)18-6-4-17(24)5-7-18/h3-8,15H,9-14H2,1-2H3,(H,25,30). The molecule has 1 saturated heterocycles. The van der Waals surface area contributed by atoms with Gasteiger partial charge < -0.3 is 15.1 Å². The van der Waals surface area contributed by atoms with Gasteiger partial charge >= 0.3 is 0 Å². The lowest BCUT2D eigenvalue weighted by Gasteiger charge is -2.35. The summed E-state index contributed by atoms with van der Waals surface area (Å²) in [6.45, 7) is 1.44. The zero-order valence-corrected chi connectivity index (χ0v) is 20.0. The number of hydrogen-bond donors (Lipinski definition) is 1. The average molecular weight is 497 g/mol. The maximum absolute atomic E-state index is 13.2. The second-order valence-corrected chi connectivity index (χ2v) is 10.1. The molecule has 3 rings (SSSR count). The second-order valence-electron chi connectivity index (χ2n) is 7.81. The summed E-state index contributed by atoms with van der Waals surface area (Å²) in [6.07, 6.45) is 0.135. The van der Waals surface area contributed by atoms with Crippen LogP contribution in [0.4, 0.5) is 10.1 Å². The molecule has 1 aliphatic heterocycles. The lowest BCUT2D eigenvalue weighted by molar-refractivity contribution is -0.128. The fourth-order valence-electron chi connectivity index (χ4n) is 3.43. The maximum Gasteiger partial charge on any atom is 0.251 e. The lowest BCUT2D eigenvalue weighted by Crippen LogP contribution is -2.48. The van der Waals surface area contributed by atoms with Crippen LogP contribution in [0.2, 0.25) is 5.02 Å². The highest BCUT2D eigenvalue weighted by molar-refractivity contribution is 7.89. The number of halogens is 2. The van der Waals surface area contributed by atoms with Gasteiger partial charge in [-0.15, -0.1) is 0 Å². The van der Waals surface area contributed by atoms with Crippen LogP contribution in [0, 0.1) is 5.82 Å². The Morgan fingerprint density at radius 3 is 2.30 bits per heavy atom.